The summed E-state index contributed by atoms with van der Waals surface area (Å²) in [6.45, 7) is 4.29. The van der Waals surface area contributed by atoms with Gasteiger partial charge in [0.05, 0.1) is 16.7 Å². The van der Waals surface area contributed by atoms with Gasteiger partial charge in [-0.3, -0.25) is 9.59 Å². The van der Waals surface area contributed by atoms with E-state index >= 15 is 0 Å². The number of allylic oxidation sites excluding steroid dienone is 1. The van der Waals surface area contributed by atoms with Crippen molar-refractivity contribution in [3.05, 3.63) is 83.2 Å². The van der Waals surface area contributed by atoms with E-state index in [2.05, 4.69) is 11.6 Å². The molecule has 0 bridgehead atoms. The number of nitrogens with zero attached hydrogens (tertiary/aromatic N) is 2. The van der Waals surface area contributed by atoms with E-state index in [1.165, 1.54) is 11.8 Å². The standard InChI is InChI=1S/C19H16N2O2S/c1-2-12-21-16-11-7-6-10-15(16)18(23)20-19(21)24-13-17(22)14-8-4-3-5-9-14/h2-11H,1,12-13H2. The van der Waals surface area contributed by atoms with Crippen molar-refractivity contribution >= 4 is 28.4 Å². The SMILES string of the molecule is C=CCn1c(SCC(=O)c2ccccc2)nc(=O)c2ccccc21. The van der Waals surface area contributed by atoms with Gasteiger partial charge in [-0.05, 0) is 12.1 Å². The lowest BCUT2D eigenvalue weighted by atomic mass is 10.2. The van der Waals surface area contributed by atoms with E-state index in [9.17, 15) is 9.59 Å². The Labute approximate surface area is 143 Å². The smallest absolute Gasteiger partial charge is 0.281 e. The van der Waals surface area contributed by atoms with Crippen LogP contribution in [0, 0.1) is 0 Å². The molecule has 0 aliphatic heterocycles. The first-order chi connectivity index (χ1) is 11.7. The largest absolute Gasteiger partial charge is 0.316 e. The number of Topliss-reactive ketones (excluding diaryl/α,β-unsaturated/α-hetero) is 1. The van der Waals surface area contributed by atoms with E-state index in [0.717, 1.165) is 5.52 Å². The van der Waals surface area contributed by atoms with Crippen LogP contribution in [0.1, 0.15) is 10.4 Å². The maximum Gasteiger partial charge on any atom is 0.281 e. The third-order valence-electron chi connectivity index (χ3n) is 3.59. The van der Waals surface area contributed by atoms with Gasteiger partial charge in [-0.1, -0.05) is 60.3 Å². The highest BCUT2D eigenvalue weighted by atomic mass is 32.2. The molecule has 0 fully saturated rings. The molecule has 120 valence electrons. The molecule has 0 saturated carbocycles. The fraction of sp³-hybridized carbons (Fsp3) is 0.105. The monoisotopic (exact) mass is 336 g/mol. The topological polar surface area (TPSA) is 52.0 Å². The minimum Gasteiger partial charge on any atom is -0.316 e. The van der Waals surface area contributed by atoms with Crippen molar-refractivity contribution in [2.45, 2.75) is 11.7 Å². The zero-order chi connectivity index (χ0) is 16.9. The lowest BCUT2D eigenvalue weighted by molar-refractivity contribution is 0.102. The van der Waals surface area contributed by atoms with Crippen LogP contribution in [-0.4, -0.2) is 21.1 Å². The summed E-state index contributed by atoms with van der Waals surface area (Å²) < 4.78 is 1.91. The summed E-state index contributed by atoms with van der Waals surface area (Å²) in [5, 5.41) is 1.10. The Morgan fingerprint density at radius 3 is 2.58 bits per heavy atom. The lowest BCUT2D eigenvalue weighted by Crippen LogP contribution is -2.16. The molecule has 1 heterocycles. The van der Waals surface area contributed by atoms with Gasteiger partial charge in [0.15, 0.2) is 10.9 Å². The van der Waals surface area contributed by atoms with E-state index in [-0.39, 0.29) is 17.1 Å². The number of hydrogen-bond donors (Lipinski definition) is 0. The average molecular weight is 336 g/mol. The van der Waals surface area contributed by atoms with E-state index in [1.54, 1.807) is 24.3 Å². The van der Waals surface area contributed by atoms with E-state index in [0.29, 0.717) is 22.7 Å². The minimum absolute atomic E-state index is 0.00756. The Hall–Kier alpha value is -2.66. The molecule has 24 heavy (non-hydrogen) atoms. The highest BCUT2D eigenvalue weighted by molar-refractivity contribution is 7.99. The predicted molar refractivity (Wildman–Crippen MR) is 97.7 cm³/mol. The van der Waals surface area contributed by atoms with Gasteiger partial charge in [0.25, 0.3) is 5.56 Å². The van der Waals surface area contributed by atoms with Crippen LogP contribution >= 0.6 is 11.8 Å². The molecule has 0 spiro atoms. The molecule has 0 aliphatic carbocycles. The highest BCUT2D eigenvalue weighted by Gasteiger charge is 2.13. The van der Waals surface area contributed by atoms with Crippen molar-refractivity contribution in [2.75, 3.05) is 5.75 Å². The summed E-state index contributed by atoms with van der Waals surface area (Å²) in [4.78, 5) is 28.7. The quantitative estimate of drug-likeness (QED) is 0.299. The van der Waals surface area contributed by atoms with Gasteiger partial charge in [-0.15, -0.1) is 6.58 Å². The summed E-state index contributed by atoms with van der Waals surface area (Å²) in [5.74, 6) is 0.236. The van der Waals surface area contributed by atoms with Gasteiger partial charge in [-0.25, -0.2) is 0 Å². The Kier molecular flexibility index (Phi) is 4.91. The fourth-order valence-corrected chi connectivity index (χ4v) is 3.36. The van der Waals surface area contributed by atoms with Crippen molar-refractivity contribution in [1.29, 1.82) is 0 Å². The second-order valence-corrected chi connectivity index (χ2v) is 6.14. The molecule has 1 aromatic heterocycles. The minimum atomic E-state index is -0.277. The number of fused-ring (bicyclic) bond motifs is 1. The van der Waals surface area contributed by atoms with Crippen molar-refractivity contribution in [2.24, 2.45) is 0 Å². The lowest BCUT2D eigenvalue weighted by Gasteiger charge is -2.13. The molecule has 3 rings (SSSR count). The van der Waals surface area contributed by atoms with Gasteiger partial charge in [0.2, 0.25) is 0 Å². The van der Waals surface area contributed by atoms with Gasteiger partial charge in [0, 0.05) is 12.1 Å². The van der Waals surface area contributed by atoms with E-state index < -0.39 is 0 Å². The molecule has 4 nitrogen and oxygen atoms in total. The van der Waals surface area contributed by atoms with E-state index in [4.69, 9.17) is 0 Å². The van der Waals surface area contributed by atoms with Crippen molar-refractivity contribution in [1.82, 2.24) is 9.55 Å². The van der Waals surface area contributed by atoms with Crippen molar-refractivity contribution < 1.29 is 4.79 Å². The average Bonchev–Trinajstić information content (AvgIpc) is 2.63. The number of carbonyl (C=O) groups excluding carboxylic acids is 1. The van der Waals surface area contributed by atoms with Crippen LogP contribution in [-0.2, 0) is 6.54 Å². The van der Waals surface area contributed by atoms with Crippen LogP contribution in [0.3, 0.4) is 0 Å². The van der Waals surface area contributed by atoms with E-state index in [1.807, 2.05) is 41.0 Å². The third kappa shape index (κ3) is 3.31. The molecule has 0 aliphatic rings. The molecule has 0 saturated heterocycles. The normalized spacial score (nSPS) is 10.7. The summed E-state index contributed by atoms with van der Waals surface area (Å²) in [7, 11) is 0. The molecule has 0 amide bonds. The van der Waals surface area contributed by atoms with Crippen molar-refractivity contribution in [3.8, 4) is 0 Å². The number of carbonyl (C=O) groups is 1. The van der Waals surface area contributed by atoms with Gasteiger partial charge in [-0.2, -0.15) is 4.98 Å². The molecule has 0 unspecified atom stereocenters. The van der Waals surface area contributed by atoms with Gasteiger partial charge >= 0.3 is 0 Å². The van der Waals surface area contributed by atoms with Crippen LogP contribution in [0.2, 0.25) is 0 Å². The van der Waals surface area contributed by atoms with Crippen LogP contribution in [0.5, 0.6) is 0 Å². The molecule has 0 radical (unpaired) electrons. The maximum absolute atomic E-state index is 12.3. The molecule has 0 atom stereocenters. The Morgan fingerprint density at radius 1 is 1.12 bits per heavy atom. The Balaban J connectivity index is 1.94. The van der Waals surface area contributed by atoms with Crippen LogP contribution in [0.25, 0.3) is 10.9 Å². The zero-order valence-corrected chi connectivity index (χ0v) is 13.8. The number of benzene rings is 2. The first-order valence-electron chi connectivity index (χ1n) is 7.52. The van der Waals surface area contributed by atoms with Crippen LogP contribution in [0.4, 0.5) is 0 Å². The second-order valence-electron chi connectivity index (χ2n) is 5.19. The maximum atomic E-state index is 12.3. The Bertz CT molecular complexity index is 948. The number of hydrogen-bond acceptors (Lipinski definition) is 4. The number of para-hydroxylation sites is 1. The number of ketones is 1. The van der Waals surface area contributed by atoms with Crippen molar-refractivity contribution in [3.63, 3.8) is 0 Å². The summed E-state index contributed by atoms with van der Waals surface area (Å²) >= 11 is 1.27. The number of aromatic nitrogens is 2. The van der Waals surface area contributed by atoms with Gasteiger partial charge in [0.1, 0.15) is 0 Å². The molecule has 0 N–H and O–H groups in total. The molecule has 5 heteroatoms. The third-order valence-corrected chi connectivity index (χ3v) is 4.57. The first kappa shape index (κ1) is 16.2. The molecular formula is C19H16N2O2S. The molecular weight excluding hydrogens is 320 g/mol. The number of thioether (sulfide) groups is 1. The summed E-state index contributed by atoms with van der Waals surface area (Å²) in [6, 6.07) is 16.4. The molecule has 3 aromatic rings. The molecule has 2 aromatic carbocycles. The zero-order valence-electron chi connectivity index (χ0n) is 13.0. The predicted octanol–water partition coefficient (Wildman–Crippen LogP) is 3.56. The highest BCUT2D eigenvalue weighted by Crippen LogP contribution is 2.21. The summed E-state index contributed by atoms with van der Waals surface area (Å²) in [5.41, 5.74) is 1.18. The van der Waals surface area contributed by atoms with Crippen LogP contribution < -0.4 is 5.56 Å². The second kappa shape index (κ2) is 7.27. The fourth-order valence-electron chi connectivity index (χ4n) is 2.45. The van der Waals surface area contributed by atoms with Gasteiger partial charge < -0.3 is 4.57 Å². The van der Waals surface area contributed by atoms with Crippen LogP contribution in [0.15, 0.2) is 77.2 Å². The number of rotatable bonds is 6. The first-order valence-corrected chi connectivity index (χ1v) is 8.51. The Morgan fingerprint density at radius 2 is 1.83 bits per heavy atom. The summed E-state index contributed by atoms with van der Waals surface area (Å²) in [6.07, 6.45) is 1.75.